The van der Waals surface area contributed by atoms with Crippen LogP contribution in [0.5, 0.6) is 0 Å². The Morgan fingerprint density at radius 1 is 1.38 bits per heavy atom. The third-order valence-corrected chi connectivity index (χ3v) is 3.61. The van der Waals surface area contributed by atoms with E-state index in [1.54, 1.807) is 12.1 Å². The lowest BCUT2D eigenvalue weighted by atomic mass is 10.0. The Kier molecular flexibility index (Phi) is 6.30. The highest BCUT2D eigenvalue weighted by Gasteiger charge is 2.21. The summed E-state index contributed by atoms with van der Waals surface area (Å²) >= 11 is 0. The quantitative estimate of drug-likeness (QED) is 0.453. The van der Waals surface area contributed by atoms with E-state index in [0.29, 0.717) is 6.54 Å². The lowest BCUT2D eigenvalue weighted by Gasteiger charge is -2.32. The van der Waals surface area contributed by atoms with Crippen LogP contribution in [0.15, 0.2) is 18.2 Å². The van der Waals surface area contributed by atoms with E-state index >= 15 is 0 Å². The minimum absolute atomic E-state index is 0.0110. The minimum Gasteiger partial charge on any atom is -0.395 e. The van der Waals surface area contributed by atoms with Crippen LogP contribution >= 0.6 is 0 Å². The number of carbonyl (C=O) groups is 1. The summed E-state index contributed by atoms with van der Waals surface area (Å²) in [7, 11) is 0. The lowest BCUT2D eigenvalue weighted by molar-refractivity contribution is -0.385. The molecule has 1 aromatic rings. The van der Waals surface area contributed by atoms with E-state index < -0.39 is 4.92 Å². The zero-order valence-corrected chi connectivity index (χ0v) is 12.7. The third-order valence-electron chi connectivity index (χ3n) is 3.61. The number of ketones is 1. The Labute approximate surface area is 124 Å². The molecule has 0 aliphatic heterocycles. The van der Waals surface area contributed by atoms with Crippen molar-refractivity contribution in [2.24, 2.45) is 0 Å². The molecule has 0 amide bonds. The van der Waals surface area contributed by atoms with Crippen molar-refractivity contribution in [1.82, 2.24) is 0 Å². The highest BCUT2D eigenvalue weighted by molar-refractivity contribution is 5.99. The predicted molar refractivity (Wildman–Crippen MR) is 81.9 cm³/mol. The van der Waals surface area contributed by atoms with Crippen molar-refractivity contribution < 1.29 is 14.8 Å². The number of nitro groups is 1. The lowest BCUT2D eigenvalue weighted by Crippen LogP contribution is -2.36. The molecule has 0 atom stereocenters. The van der Waals surface area contributed by atoms with Crippen LogP contribution in [0.4, 0.5) is 11.4 Å². The summed E-state index contributed by atoms with van der Waals surface area (Å²) in [5, 5.41) is 20.2. The normalized spacial score (nSPS) is 10.7. The minimum atomic E-state index is -0.548. The molecule has 0 bridgehead atoms. The van der Waals surface area contributed by atoms with Gasteiger partial charge in [0.25, 0.3) is 5.69 Å². The average Bonchev–Trinajstić information content (AvgIpc) is 2.46. The highest BCUT2D eigenvalue weighted by Crippen LogP contribution is 2.27. The van der Waals surface area contributed by atoms with Crippen molar-refractivity contribution in [2.75, 3.05) is 18.1 Å². The van der Waals surface area contributed by atoms with Gasteiger partial charge in [-0.05, 0) is 31.9 Å². The van der Waals surface area contributed by atoms with E-state index in [9.17, 15) is 20.0 Å². The summed E-state index contributed by atoms with van der Waals surface area (Å²) in [6.45, 7) is 5.84. The average molecular weight is 294 g/mol. The smallest absolute Gasteiger partial charge is 0.280 e. The van der Waals surface area contributed by atoms with Gasteiger partial charge >= 0.3 is 0 Å². The summed E-state index contributed by atoms with van der Waals surface area (Å²) in [6.07, 6.45) is 1.78. The summed E-state index contributed by atoms with van der Waals surface area (Å²) < 4.78 is 0. The zero-order chi connectivity index (χ0) is 16.0. The Balaban J connectivity index is 3.29. The summed E-state index contributed by atoms with van der Waals surface area (Å²) in [4.78, 5) is 24.1. The second kappa shape index (κ2) is 7.73. The maximum Gasteiger partial charge on any atom is 0.280 e. The molecule has 0 unspecified atom stereocenters. The van der Waals surface area contributed by atoms with Crippen molar-refractivity contribution in [3.63, 3.8) is 0 Å². The Bertz CT molecular complexity index is 512. The van der Waals surface area contributed by atoms with E-state index in [-0.39, 0.29) is 29.7 Å². The van der Waals surface area contributed by atoms with Gasteiger partial charge in [-0.2, -0.15) is 0 Å². The van der Waals surface area contributed by atoms with Gasteiger partial charge in [0.2, 0.25) is 0 Å². The van der Waals surface area contributed by atoms with Gasteiger partial charge in [0.05, 0.1) is 17.1 Å². The zero-order valence-electron chi connectivity index (χ0n) is 12.7. The fourth-order valence-electron chi connectivity index (χ4n) is 2.50. The fourth-order valence-corrected chi connectivity index (χ4v) is 2.50. The van der Waals surface area contributed by atoms with Crippen LogP contribution in [0.2, 0.25) is 0 Å². The van der Waals surface area contributed by atoms with E-state index in [1.165, 1.54) is 13.0 Å². The first-order valence-corrected chi connectivity index (χ1v) is 7.13. The van der Waals surface area contributed by atoms with Crippen LogP contribution in [-0.2, 0) is 0 Å². The fraction of sp³-hybridized carbons (Fsp3) is 0.533. The van der Waals surface area contributed by atoms with E-state index in [4.69, 9.17) is 0 Å². The molecule has 0 saturated carbocycles. The van der Waals surface area contributed by atoms with Crippen LogP contribution in [0, 0.1) is 10.1 Å². The first kappa shape index (κ1) is 17.1. The van der Waals surface area contributed by atoms with Gasteiger partial charge in [0.15, 0.2) is 5.78 Å². The number of benzene rings is 1. The number of carbonyl (C=O) groups excluding carboxylic acids is 1. The van der Waals surface area contributed by atoms with Crippen LogP contribution in [-0.4, -0.2) is 35.0 Å². The maximum atomic E-state index is 11.6. The Morgan fingerprint density at radius 2 is 2.00 bits per heavy atom. The standard InChI is InChI=1S/C15H22N2O4/c1-4-12(5-2)16(8-9-18)13-6-7-15(17(20)21)14(10-13)11(3)19/h6-7,10,12,18H,4-5,8-9H2,1-3H3. The first-order valence-electron chi connectivity index (χ1n) is 7.13. The molecule has 6 nitrogen and oxygen atoms in total. The van der Waals surface area contributed by atoms with Crippen LogP contribution < -0.4 is 4.90 Å². The topological polar surface area (TPSA) is 83.7 Å². The molecular formula is C15H22N2O4. The highest BCUT2D eigenvalue weighted by atomic mass is 16.6. The number of hydrogen-bond donors (Lipinski definition) is 1. The molecule has 0 fully saturated rings. The molecule has 0 heterocycles. The molecular weight excluding hydrogens is 272 g/mol. The molecule has 1 rings (SSSR count). The van der Waals surface area contributed by atoms with Crippen LogP contribution in [0.25, 0.3) is 0 Å². The molecule has 0 saturated heterocycles. The van der Waals surface area contributed by atoms with Gasteiger partial charge in [-0.15, -0.1) is 0 Å². The van der Waals surface area contributed by atoms with Crippen molar-refractivity contribution in [1.29, 1.82) is 0 Å². The molecule has 0 radical (unpaired) electrons. The van der Waals surface area contributed by atoms with Crippen molar-refractivity contribution >= 4 is 17.2 Å². The van der Waals surface area contributed by atoms with Crippen LogP contribution in [0.1, 0.15) is 44.0 Å². The second-order valence-corrected chi connectivity index (χ2v) is 4.90. The van der Waals surface area contributed by atoms with Crippen molar-refractivity contribution in [2.45, 2.75) is 39.7 Å². The summed E-state index contributed by atoms with van der Waals surface area (Å²) in [5.74, 6) is -0.336. The largest absolute Gasteiger partial charge is 0.395 e. The van der Waals surface area contributed by atoms with Gasteiger partial charge < -0.3 is 10.0 Å². The first-order chi connectivity index (χ1) is 9.96. The Hall–Kier alpha value is -1.95. The molecule has 21 heavy (non-hydrogen) atoms. The van der Waals surface area contributed by atoms with Crippen molar-refractivity contribution in [3.05, 3.63) is 33.9 Å². The molecule has 1 N–H and O–H groups in total. The monoisotopic (exact) mass is 294 g/mol. The van der Waals surface area contributed by atoms with E-state index in [1.807, 2.05) is 4.90 Å². The summed E-state index contributed by atoms with van der Waals surface area (Å²) in [6, 6.07) is 4.77. The molecule has 6 heteroatoms. The molecule has 0 aromatic heterocycles. The predicted octanol–water partition coefficient (Wildman–Crippen LogP) is 2.78. The number of aliphatic hydroxyl groups excluding tert-OH is 1. The number of anilines is 1. The molecule has 0 aliphatic carbocycles. The van der Waals surface area contributed by atoms with Gasteiger partial charge in [0, 0.05) is 24.3 Å². The molecule has 1 aromatic carbocycles. The van der Waals surface area contributed by atoms with Gasteiger partial charge in [-0.3, -0.25) is 14.9 Å². The number of nitro benzene ring substituents is 1. The number of nitrogens with zero attached hydrogens (tertiary/aromatic N) is 2. The van der Waals surface area contributed by atoms with E-state index in [0.717, 1.165) is 18.5 Å². The van der Waals surface area contributed by atoms with Crippen molar-refractivity contribution in [3.8, 4) is 0 Å². The maximum absolute atomic E-state index is 11.6. The molecule has 116 valence electrons. The number of rotatable bonds is 8. The van der Waals surface area contributed by atoms with Gasteiger partial charge in [0.1, 0.15) is 0 Å². The van der Waals surface area contributed by atoms with E-state index in [2.05, 4.69) is 13.8 Å². The molecule has 0 spiro atoms. The summed E-state index contributed by atoms with van der Waals surface area (Å²) in [5.41, 5.74) is 0.652. The number of hydrogen-bond acceptors (Lipinski definition) is 5. The molecule has 0 aliphatic rings. The third kappa shape index (κ3) is 4.01. The van der Waals surface area contributed by atoms with Gasteiger partial charge in [-0.25, -0.2) is 0 Å². The second-order valence-electron chi connectivity index (χ2n) is 4.90. The number of Topliss-reactive ketones (excluding diaryl/α,β-unsaturated/α-hetero) is 1. The van der Waals surface area contributed by atoms with Crippen LogP contribution in [0.3, 0.4) is 0 Å². The Morgan fingerprint density at radius 3 is 2.43 bits per heavy atom. The van der Waals surface area contributed by atoms with Gasteiger partial charge in [-0.1, -0.05) is 13.8 Å². The SMILES string of the molecule is CCC(CC)N(CCO)c1ccc([N+](=O)[O-])c(C(C)=O)c1. The number of aliphatic hydroxyl groups is 1.